The lowest BCUT2D eigenvalue weighted by Gasteiger charge is -2.47. The molecule has 3 rings (SSSR count). The van der Waals surface area contributed by atoms with Crippen molar-refractivity contribution < 1.29 is 9.90 Å². The molecular formula is C15H24N4O2. The van der Waals surface area contributed by atoms with Crippen LogP contribution in [0.15, 0.2) is 6.20 Å². The Kier molecular flexibility index (Phi) is 3.65. The second-order valence-electron chi connectivity index (χ2n) is 6.34. The standard InChI is InChI=1S/C15H24N4O2/c1-2-19-10-12(16)13(17-19)14(20)18-8-7-15(21)6-4-3-5-11(15)9-18/h10-11,21H,2-9,16H2,1H3. The monoisotopic (exact) mass is 292 g/mol. The van der Waals surface area contributed by atoms with Crippen LogP contribution in [0.25, 0.3) is 0 Å². The topological polar surface area (TPSA) is 84.4 Å². The Hall–Kier alpha value is -1.56. The Morgan fingerprint density at radius 2 is 2.33 bits per heavy atom. The molecule has 6 heteroatoms. The minimum absolute atomic E-state index is 0.104. The van der Waals surface area contributed by atoms with Gasteiger partial charge in [-0.15, -0.1) is 0 Å². The van der Waals surface area contributed by atoms with Crippen molar-refractivity contribution in [2.75, 3.05) is 18.8 Å². The molecule has 3 N–H and O–H groups in total. The molecule has 2 heterocycles. The molecule has 116 valence electrons. The molecule has 2 atom stereocenters. The summed E-state index contributed by atoms with van der Waals surface area (Å²) in [5, 5.41) is 14.9. The van der Waals surface area contributed by atoms with E-state index in [4.69, 9.17) is 5.73 Å². The maximum absolute atomic E-state index is 12.6. The molecule has 0 spiro atoms. The van der Waals surface area contributed by atoms with Crippen molar-refractivity contribution in [3.63, 3.8) is 0 Å². The van der Waals surface area contributed by atoms with E-state index in [-0.39, 0.29) is 11.8 Å². The van der Waals surface area contributed by atoms with Gasteiger partial charge in [0.05, 0.1) is 11.3 Å². The number of fused-ring (bicyclic) bond motifs is 1. The van der Waals surface area contributed by atoms with Gasteiger partial charge in [0.25, 0.3) is 5.91 Å². The molecule has 21 heavy (non-hydrogen) atoms. The molecule has 0 aromatic carbocycles. The zero-order valence-corrected chi connectivity index (χ0v) is 12.6. The largest absolute Gasteiger partial charge is 0.396 e. The zero-order valence-electron chi connectivity index (χ0n) is 12.6. The Balaban J connectivity index is 1.75. The maximum atomic E-state index is 12.6. The first-order chi connectivity index (χ1) is 10.0. The lowest BCUT2D eigenvalue weighted by atomic mass is 9.71. The van der Waals surface area contributed by atoms with Gasteiger partial charge in [-0.05, 0) is 26.2 Å². The van der Waals surface area contributed by atoms with Gasteiger partial charge < -0.3 is 15.7 Å². The van der Waals surface area contributed by atoms with Crippen LogP contribution in [-0.4, -0.2) is 44.4 Å². The molecule has 1 saturated heterocycles. The molecule has 2 unspecified atom stereocenters. The zero-order chi connectivity index (χ0) is 15.0. The van der Waals surface area contributed by atoms with Crippen LogP contribution in [0.5, 0.6) is 0 Å². The molecule has 0 radical (unpaired) electrons. The van der Waals surface area contributed by atoms with Crippen LogP contribution in [-0.2, 0) is 6.54 Å². The lowest BCUT2D eigenvalue weighted by Crippen LogP contribution is -2.54. The molecule has 1 amide bonds. The van der Waals surface area contributed by atoms with E-state index < -0.39 is 5.60 Å². The van der Waals surface area contributed by atoms with Crippen molar-refractivity contribution in [2.24, 2.45) is 5.92 Å². The SMILES string of the molecule is CCn1cc(N)c(C(=O)N2CCC3(O)CCCCC3C2)n1. The molecule has 1 saturated carbocycles. The number of amides is 1. The quantitative estimate of drug-likeness (QED) is 0.859. The smallest absolute Gasteiger partial charge is 0.276 e. The van der Waals surface area contributed by atoms with Gasteiger partial charge in [0.2, 0.25) is 0 Å². The minimum atomic E-state index is -0.566. The summed E-state index contributed by atoms with van der Waals surface area (Å²) < 4.78 is 1.68. The van der Waals surface area contributed by atoms with Gasteiger partial charge in [-0.2, -0.15) is 5.10 Å². The Labute approximate surface area is 124 Å². The van der Waals surface area contributed by atoms with Crippen molar-refractivity contribution in [3.8, 4) is 0 Å². The Morgan fingerprint density at radius 3 is 3.05 bits per heavy atom. The summed E-state index contributed by atoms with van der Waals surface area (Å²) in [6, 6.07) is 0. The number of aryl methyl sites for hydroxylation is 1. The molecule has 2 fully saturated rings. The Morgan fingerprint density at radius 1 is 1.52 bits per heavy atom. The highest BCUT2D eigenvalue weighted by Gasteiger charge is 2.44. The summed E-state index contributed by atoms with van der Waals surface area (Å²) in [5.41, 5.74) is 6.12. The van der Waals surface area contributed by atoms with E-state index in [1.54, 1.807) is 10.9 Å². The van der Waals surface area contributed by atoms with Gasteiger partial charge in [0.1, 0.15) is 0 Å². The highest BCUT2D eigenvalue weighted by Crippen LogP contribution is 2.40. The first-order valence-electron chi connectivity index (χ1n) is 7.88. The second kappa shape index (κ2) is 5.33. The van der Waals surface area contributed by atoms with Crippen molar-refractivity contribution in [1.82, 2.24) is 14.7 Å². The average Bonchev–Trinajstić information content (AvgIpc) is 2.86. The third kappa shape index (κ3) is 2.52. The van der Waals surface area contributed by atoms with Crippen LogP contribution in [0, 0.1) is 5.92 Å². The summed E-state index contributed by atoms with van der Waals surface area (Å²) in [5.74, 6) is 0.0887. The molecule has 1 aromatic rings. The van der Waals surface area contributed by atoms with Gasteiger partial charge in [0.15, 0.2) is 5.69 Å². The number of hydrogen-bond donors (Lipinski definition) is 2. The summed E-state index contributed by atoms with van der Waals surface area (Å²) in [7, 11) is 0. The lowest BCUT2D eigenvalue weighted by molar-refractivity contribution is -0.0886. The molecule has 1 aliphatic heterocycles. The summed E-state index contributed by atoms with van der Waals surface area (Å²) >= 11 is 0. The van der Waals surface area contributed by atoms with Gasteiger partial charge in [-0.25, -0.2) is 0 Å². The number of hydrogen-bond acceptors (Lipinski definition) is 4. The van der Waals surface area contributed by atoms with Crippen LogP contribution < -0.4 is 5.73 Å². The van der Waals surface area contributed by atoms with Crippen molar-refractivity contribution in [3.05, 3.63) is 11.9 Å². The Bertz CT molecular complexity index is 542. The number of likely N-dealkylation sites (tertiary alicyclic amines) is 1. The van der Waals surface area contributed by atoms with Crippen LogP contribution in [0.2, 0.25) is 0 Å². The summed E-state index contributed by atoms with van der Waals surface area (Å²) in [6.07, 6.45) is 6.47. The summed E-state index contributed by atoms with van der Waals surface area (Å²) in [4.78, 5) is 14.4. The number of nitrogens with two attached hydrogens (primary N) is 1. The number of aromatic nitrogens is 2. The van der Waals surface area contributed by atoms with E-state index in [0.29, 0.717) is 37.4 Å². The van der Waals surface area contributed by atoms with E-state index in [1.165, 1.54) is 0 Å². The number of piperidine rings is 1. The molecule has 6 nitrogen and oxygen atoms in total. The first-order valence-corrected chi connectivity index (χ1v) is 7.88. The third-order valence-corrected chi connectivity index (χ3v) is 5.03. The van der Waals surface area contributed by atoms with Crippen LogP contribution in [0.1, 0.15) is 49.5 Å². The van der Waals surface area contributed by atoms with Crippen LogP contribution in [0.4, 0.5) is 5.69 Å². The molecule has 2 aliphatic rings. The number of nitrogen functional groups attached to an aromatic ring is 1. The van der Waals surface area contributed by atoms with Crippen molar-refractivity contribution in [1.29, 1.82) is 0 Å². The van der Waals surface area contributed by atoms with Crippen LogP contribution >= 0.6 is 0 Å². The van der Waals surface area contributed by atoms with Gasteiger partial charge in [0, 0.05) is 31.7 Å². The van der Waals surface area contributed by atoms with Crippen molar-refractivity contribution >= 4 is 11.6 Å². The molecular weight excluding hydrogens is 268 g/mol. The number of carbonyl (C=O) groups excluding carboxylic acids is 1. The fourth-order valence-corrected chi connectivity index (χ4v) is 3.67. The van der Waals surface area contributed by atoms with Crippen LogP contribution in [0.3, 0.4) is 0 Å². The normalized spacial score (nSPS) is 29.2. The van der Waals surface area contributed by atoms with E-state index in [0.717, 1.165) is 25.7 Å². The molecule has 0 bridgehead atoms. The van der Waals surface area contributed by atoms with Gasteiger partial charge in [-0.1, -0.05) is 12.8 Å². The number of nitrogens with zero attached hydrogens (tertiary/aromatic N) is 3. The fraction of sp³-hybridized carbons (Fsp3) is 0.733. The van der Waals surface area contributed by atoms with Gasteiger partial charge in [-0.3, -0.25) is 9.48 Å². The number of anilines is 1. The van der Waals surface area contributed by atoms with E-state index in [1.807, 2.05) is 11.8 Å². The van der Waals surface area contributed by atoms with E-state index in [2.05, 4.69) is 5.10 Å². The fourth-order valence-electron chi connectivity index (χ4n) is 3.67. The number of aliphatic hydroxyl groups is 1. The summed E-state index contributed by atoms with van der Waals surface area (Å²) in [6.45, 7) is 3.86. The first kappa shape index (κ1) is 14.4. The third-order valence-electron chi connectivity index (χ3n) is 5.03. The minimum Gasteiger partial charge on any atom is -0.396 e. The second-order valence-corrected chi connectivity index (χ2v) is 6.34. The number of carbonyl (C=O) groups is 1. The highest BCUT2D eigenvalue weighted by molar-refractivity contribution is 5.97. The van der Waals surface area contributed by atoms with E-state index in [9.17, 15) is 9.90 Å². The molecule has 1 aliphatic carbocycles. The average molecular weight is 292 g/mol. The highest BCUT2D eigenvalue weighted by atomic mass is 16.3. The predicted octanol–water partition coefficient (Wildman–Crippen LogP) is 1.25. The maximum Gasteiger partial charge on any atom is 0.276 e. The number of rotatable bonds is 2. The van der Waals surface area contributed by atoms with Gasteiger partial charge >= 0.3 is 0 Å². The van der Waals surface area contributed by atoms with Crippen molar-refractivity contribution in [2.45, 2.75) is 51.2 Å². The van der Waals surface area contributed by atoms with E-state index >= 15 is 0 Å². The predicted molar refractivity (Wildman–Crippen MR) is 79.7 cm³/mol. The molecule has 1 aromatic heterocycles.